The van der Waals surface area contributed by atoms with Gasteiger partial charge in [0.2, 0.25) is 5.91 Å². The highest BCUT2D eigenvalue weighted by molar-refractivity contribution is 5.93. The number of fused-ring (bicyclic) bond motifs is 3. The van der Waals surface area contributed by atoms with Crippen LogP contribution in [0.1, 0.15) is 51.5 Å². The van der Waals surface area contributed by atoms with Gasteiger partial charge in [-0.1, -0.05) is 72.8 Å². The number of tetrazole rings is 1. The lowest BCUT2D eigenvalue weighted by Crippen LogP contribution is -2.19. The second-order valence-corrected chi connectivity index (χ2v) is 11.3. The fraction of sp³-hybridized carbons (Fsp3) is 0.194. The Morgan fingerprint density at radius 1 is 0.932 bits per heavy atom. The summed E-state index contributed by atoms with van der Waals surface area (Å²) in [5.74, 6) is 1.48. The highest BCUT2D eigenvalue weighted by Gasteiger charge is 2.21. The maximum atomic E-state index is 12.2. The van der Waals surface area contributed by atoms with Crippen LogP contribution in [0.3, 0.4) is 0 Å². The van der Waals surface area contributed by atoms with Gasteiger partial charge in [-0.25, -0.2) is 4.98 Å². The van der Waals surface area contributed by atoms with E-state index < -0.39 is 0 Å². The Hall–Kier alpha value is -5.37. The first kappa shape index (κ1) is 27.5. The molecule has 2 heterocycles. The molecule has 0 fully saturated rings. The molecule has 0 unspecified atom stereocenters. The van der Waals surface area contributed by atoms with Crippen molar-refractivity contribution in [3.8, 4) is 11.1 Å². The lowest BCUT2D eigenvalue weighted by atomic mass is 9.92. The molecule has 2 aromatic heterocycles. The minimum Gasteiger partial charge on any atom is -0.359 e. The molecular formula is C36H33N7O. The average Bonchev–Trinajstić information content (AvgIpc) is 3.67. The van der Waals surface area contributed by atoms with Crippen molar-refractivity contribution in [2.45, 2.75) is 39.2 Å². The number of carbonyl (C=O) groups is 1. The van der Waals surface area contributed by atoms with E-state index in [0.717, 1.165) is 46.4 Å². The van der Waals surface area contributed by atoms with Gasteiger partial charge in [0, 0.05) is 26.4 Å². The molecule has 0 saturated heterocycles. The molecule has 0 aliphatic heterocycles. The van der Waals surface area contributed by atoms with Gasteiger partial charge < -0.3 is 9.88 Å². The van der Waals surface area contributed by atoms with Crippen LogP contribution in [0, 0.1) is 6.92 Å². The number of H-pyrrole nitrogens is 1. The minimum absolute atomic E-state index is 0.0100. The molecule has 1 aliphatic carbocycles. The highest BCUT2D eigenvalue weighted by Crippen LogP contribution is 2.36. The summed E-state index contributed by atoms with van der Waals surface area (Å²) in [7, 11) is 1.68. The number of imidazole rings is 1. The number of amides is 1. The number of nitrogens with one attached hydrogen (secondary N) is 2. The van der Waals surface area contributed by atoms with E-state index in [2.05, 4.69) is 116 Å². The zero-order valence-corrected chi connectivity index (χ0v) is 24.8. The van der Waals surface area contributed by atoms with Crippen LogP contribution in [0.5, 0.6) is 0 Å². The van der Waals surface area contributed by atoms with Crippen LogP contribution in [0.4, 0.5) is 0 Å². The van der Waals surface area contributed by atoms with Crippen molar-refractivity contribution in [3.63, 3.8) is 0 Å². The Bertz CT molecular complexity index is 2010. The van der Waals surface area contributed by atoms with E-state index in [-0.39, 0.29) is 5.91 Å². The van der Waals surface area contributed by atoms with E-state index in [9.17, 15) is 4.79 Å². The van der Waals surface area contributed by atoms with Crippen LogP contribution in [0.15, 0.2) is 84.9 Å². The zero-order chi connectivity index (χ0) is 30.0. The molecule has 0 radical (unpaired) electrons. The molecular weight excluding hydrogens is 546 g/mol. The van der Waals surface area contributed by atoms with Gasteiger partial charge in [-0.15, -0.1) is 10.2 Å². The highest BCUT2D eigenvalue weighted by atomic mass is 16.1. The number of hydrogen-bond acceptors (Lipinski definition) is 5. The maximum absolute atomic E-state index is 12.2. The number of aryl methyl sites for hydroxylation is 4. The number of rotatable bonds is 7. The molecule has 8 heteroatoms. The van der Waals surface area contributed by atoms with E-state index in [1.165, 1.54) is 33.4 Å². The number of benzene rings is 4. The third kappa shape index (κ3) is 5.30. The van der Waals surface area contributed by atoms with Crippen molar-refractivity contribution in [2.24, 2.45) is 0 Å². The first-order chi connectivity index (χ1) is 21.6. The van der Waals surface area contributed by atoms with Gasteiger partial charge >= 0.3 is 0 Å². The molecule has 6 aromatic rings. The summed E-state index contributed by atoms with van der Waals surface area (Å²) in [6, 6.07) is 30.2. The summed E-state index contributed by atoms with van der Waals surface area (Å²) in [5, 5.41) is 17.5. The molecule has 7 rings (SSSR count). The van der Waals surface area contributed by atoms with Crippen molar-refractivity contribution < 1.29 is 4.79 Å². The van der Waals surface area contributed by atoms with Crippen LogP contribution in [0.2, 0.25) is 0 Å². The van der Waals surface area contributed by atoms with Crippen LogP contribution >= 0.6 is 0 Å². The summed E-state index contributed by atoms with van der Waals surface area (Å²) in [6.45, 7) is 2.77. The molecule has 44 heavy (non-hydrogen) atoms. The number of aromatic nitrogens is 6. The Balaban J connectivity index is 1.32. The van der Waals surface area contributed by atoms with Crippen molar-refractivity contribution in [2.75, 3.05) is 7.05 Å². The quantitative estimate of drug-likeness (QED) is 0.244. The van der Waals surface area contributed by atoms with Crippen LogP contribution in [-0.4, -0.2) is 43.1 Å². The third-order valence-corrected chi connectivity index (χ3v) is 8.49. The average molecular weight is 580 g/mol. The van der Waals surface area contributed by atoms with Gasteiger partial charge in [0.1, 0.15) is 5.82 Å². The molecule has 0 bridgehead atoms. The van der Waals surface area contributed by atoms with E-state index in [1.54, 1.807) is 7.05 Å². The Kier molecular flexibility index (Phi) is 7.32. The summed E-state index contributed by atoms with van der Waals surface area (Å²) >= 11 is 0. The normalized spacial score (nSPS) is 13.5. The zero-order valence-electron chi connectivity index (χ0n) is 24.8. The molecule has 0 spiro atoms. The molecule has 2 N–H and O–H groups in total. The van der Waals surface area contributed by atoms with Crippen LogP contribution < -0.4 is 5.32 Å². The minimum atomic E-state index is 0.0100. The molecule has 1 amide bonds. The van der Waals surface area contributed by atoms with Crippen LogP contribution in [-0.2, 0) is 30.6 Å². The lowest BCUT2D eigenvalue weighted by molar-refractivity contribution is -0.120. The predicted octanol–water partition coefficient (Wildman–Crippen LogP) is 5.94. The largest absolute Gasteiger partial charge is 0.359 e. The van der Waals surface area contributed by atoms with Crippen molar-refractivity contribution in [3.05, 3.63) is 130 Å². The van der Waals surface area contributed by atoms with E-state index in [4.69, 9.17) is 4.98 Å². The van der Waals surface area contributed by atoms with E-state index in [0.29, 0.717) is 25.2 Å². The second kappa shape index (κ2) is 11.7. The molecule has 4 aromatic carbocycles. The fourth-order valence-electron chi connectivity index (χ4n) is 6.28. The molecule has 1 aliphatic rings. The monoisotopic (exact) mass is 579 g/mol. The summed E-state index contributed by atoms with van der Waals surface area (Å²) in [6.07, 6.45) is 4.83. The number of nitrogens with zero attached hydrogens (tertiary/aromatic N) is 5. The molecule has 0 saturated carbocycles. The summed E-state index contributed by atoms with van der Waals surface area (Å²) in [5.41, 5.74) is 12.8. The van der Waals surface area contributed by atoms with Crippen molar-refractivity contribution in [1.82, 2.24) is 35.5 Å². The van der Waals surface area contributed by atoms with Crippen molar-refractivity contribution in [1.29, 1.82) is 0 Å². The van der Waals surface area contributed by atoms with Gasteiger partial charge in [0.15, 0.2) is 5.82 Å². The second-order valence-electron chi connectivity index (χ2n) is 11.3. The van der Waals surface area contributed by atoms with Gasteiger partial charge in [-0.05, 0) is 93.3 Å². The summed E-state index contributed by atoms with van der Waals surface area (Å²) in [4.78, 5) is 17.3. The van der Waals surface area contributed by atoms with Gasteiger partial charge in [0.05, 0.1) is 11.0 Å². The SMILES string of the molecule is CNC(=O)CCc1nc2c(C)cc(-c3ccccc3)cc2n1Cc1ccc2c(c1)CCc1ccccc1C2=Cc1nn[nH]n1. The summed E-state index contributed by atoms with van der Waals surface area (Å²) < 4.78 is 2.29. The topological polar surface area (TPSA) is 101 Å². The molecule has 8 nitrogen and oxygen atoms in total. The molecule has 0 atom stereocenters. The van der Waals surface area contributed by atoms with Gasteiger partial charge in [-0.3, -0.25) is 4.79 Å². The number of aromatic amines is 1. The smallest absolute Gasteiger partial charge is 0.220 e. The Labute approximate surface area is 255 Å². The van der Waals surface area contributed by atoms with Crippen LogP contribution in [0.25, 0.3) is 33.8 Å². The van der Waals surface area contributed by atoms with E-state index >= 15 is 0 Å². The third-order valence-electron chi connectivity index (χ3n) is 8.49. The standard InChI is InChI=1S/C36H33N7O/c1-23-18-28(25-8-4-3-5-9-25)20-32-36(23)38-34(16-17-35(44)37-2)43(32)22-24-12-15-30-27(19-24)14-13-26-10-6-7-11-29(26)31(30)21-33-39-41-42-40-33/h3-12,15,18-21H,13-14,16-17,22H2,1-2H3,(H,37,44)(H,39,40,41,42). The first-order valence-corrected chi connectivity index (χ1v) is 15.0. The first-order valence-electron chi connectivity index (χ1n) is 15.0. The number of carbonyl (C=O) groups excluding carboxylic acids is 1. The Morgan fingerprint density at radius 3 is 2.55 bits per heavy atom. The molecule has 218 valence electrons. The van der Waals surface area contributed by atoms with Gasteiger partial charge in [-0.2, -0.15) is 5.21 Å². The van der Waals surface area contributed by atoms with Crippen molar-refractivity contribution >= 4 is 28.6 Å². The van der Waals surface area contributed by atoms with E-state index in [1.807, 2.05) is 12.1 Å². The van der Waals surface area contributed by atoms with Gasteiger partial charge in [0.25, 0.3) is 0 Å². The fourth-order valence-corrected chi connectivity index (χ4v) is 6.28. The maximum Gasteiger partial charge on any atom is 0.220 e. The Morgan fingerprint density at radius 2 is 1.73 bits per heavy atom. The predicted molar refractivity (Wildman–Crippen MR) is 173 cm³/mol. The lowest BCUT2D eigenvalue weighted by Gasteiger charge is -2.15. The number of hydrogen-bond donors (Lipinski definition) is 2.